The number of Topliss-reactive ketones (excluding diaryl/α,β-unsaturated/α-hetero) is 1. The molecule has 0 bridgehead atoms. The molecule has 3 N–H and O–H groups in total. The lowest BCUT2D eigenvalue weighted by Gasteiger charge is -2.43. The van der Waals surface area contributed by atoms with Gasteiger partial charge < -0.3 is 10.8 Å². The van der Waals surface area contributed by atoms with Gasteiger partial charge in [0.25, 0.3) is 0 Å². The molecule has 0 amide bonds. The molecule has 0 heterocycles. The number of hydrogen-bond donors (Lipinski definition) is 2. The van der Waals surface area contributed by atoms with Gasteiger partial charge in [-0.3, -0.25) is 9.59 Å². The molecule has 0 aromatic rings. The number of hydrogen-bond acceptors (Lipinski definition) is 3. The van der Waals surface area contributed by atoms with Crippen LogP contribution in [-0.2, 0) is 9.59 Å². The number of nitrogens with two attached hydrogens (primary N) is 1. The number of carboxylic acid groups (broad SMARTS) is 1. The summed E-state index contributed by atoms with van der Waals surface area (Å²) in [5.74, 6) is -1.20. The SMILES string of the molecule is NCC(C(=O)O)C1CC(=O)CCC12CCCC2. The quantitative estimate of drug-likeness (QED) is 0.783. The van der Waals surface area contributed by atoms with Crippen LogP contribution in [0, 0.1) is 17.3 Å². The molecule has 4 heteroatoms. The molecule has 2 rings (SSSR count). The Morgan fingerprint density at radius 3 is 2.59 bits per heavy atom. The molecule has 0 aliphatic heterocycles. The van der Waals surface area contributed by atoms with Gasteiger partial charge in [-0.1, -0.05) is 12.8 Å². The normalized spacial score (nSPS) is 29.5. The van der Waals surface area contributed by atoms with Gasteiger partial charge in [0.05, 0.1) is 5.92 Å². The second kappa shape index (κ2) is 4.77. The molecule has 0 saturated heterocycles. The van der Waals surface area contributed by atoms with Gasteiger partial charge >= 0.3 is 5.97 Å². The molecule has 2 aliphatic rings. The van der Waals surface area contributed by atoms with Crippen LogP contribution in [0.2, 0.25) is 0 Å². The Bertz CT molecular complexity index is 321. The van der Waals surface area contributed by atoms with Crippen LogP contribution >= 0.6 is 0 Å². The van der Waals surface area contributed by atoms with Gasteiger partial charge in [-0.05, 0) is 30.6 Å². The Morgan fingerprint density at radius 1 is 1.41 bits per heavy atom. The summed E-state index contributed by atoms with van der Waals surface area (Å²) in [6.07, 6.45) is 6.43. The third-order valence-corrected chi connectivity index (χ3v) is 4.79. The van der Waals surface area contributed by atoms with Crippen molar-refractivity contribution < 1.29 is 14.7 Å². The Kier molecular flexibility index (Phi) is 3.52. The third kappa shape index (κ3) is 2.23. The molecule has 2 saturated carbocycles. The smallest absolute Gasteiger partial charge is 0.308 e. The first-order chi connectivity index (χ1) is 8.09. The Hall–Kier alpha value is -0.900. The van der Waals surface area contributed by atoms with E-state index in [1.165, 1.54) is 12.8 Å². The van der Waals surface area contributed by atoms with Crippen molar-refractivity contribution >= 4 is 11.8 Å². The van der Waals surface area contributed by atoms with Gasteiger partial charge in [0.15, 0.2) is 0 Å². The van der Waals surface area contributed by atoms with E-state index in [0.29, 0.717) is 12.8 Å². The van der Waals surface area contributed by atoms with Crippen molar-refractivity contribution in [3.63, 3.8) is 0 Å². The molecule has 1 spiro atoms. The summed E-state index contributed by atoms with van der Waals surface area (Å²) in [6.45, 7) is 0.148. The van der Waals surface area contributed by atoms with E-state index in [0.717, 1.165) is 19.3 Å². The van der Waals surface area contributed by atoms with Crippen LogP contribution in [0.1, 0.15) is 44.9 Å². The summed E-state index contributed by atoms with van der Waals surface area (Å²) in [6, 6.07) is 0. The van der Waals surface area contributed by atoms with E-state index in [-0.39, 0.29) is 23.7 Å². The van der Waals surface area contributed by atoms with Crippen LogP contribution < -0.4 is 5.73 Å². The highest BCUT2D eigenvalue weighted by Crippen LogP contribution is 2.54. The lowest BCUT2D eigenvalue weighted by molar-refractivity contribution is -0.147. The average molecular weight is 239 g/mol. The second-order valence-electron chi connectivity index (χ2n) is 5.60. The first kappa shape index (κ1) is 12.6. The molecule has 2 atom stereocenters. The molecule has 0 aromatic heterocycles. The summed E-state index contributed by atoms with van der Waals surface area (Å²) in [5.41, 5.74) is 5.70. The van der Waals surface area contributed by atoms with Crippen molar-refractivity contribution in [2.24, 2.45) is 23.0 Å². The minimum Gasteiger partial charge on any atom is -0.481 e. The molecular formula is C13H21NO3. The van der Waals surface area contributed by atoms with Gasteiger partial charge in [0.2, 0.25) is 0 Å². The fourth-order valence-corrected chi connectivity index (χ4v) is 3.84. The highest BCUT2D eigenvalue weighted by atomic mass is 16.4. The maximum absolute atomic E-state index is 11.6. The molecule has 2 aliphatic carbocycles. The Labute approximate surface area is 102 Å². The first-order valence-corrected chi connectivity index (χ1v) is 6.54. The minimum atomic E-state index is -0.835. The van der Waals surface area contributed by atoms with Crippen LogP contribution in [0.25, 0.3) is 0 Å². The zero-order valence-electron chi connectivity index (χ0n) is 10.2. The fraction of sp³-hybridized carbons (Fsp3) is 0.846. The molecular weight excluding hydrogens is 218 g/mol. The maximum atomic E-state index is 11.6. The predicted octanol–water partition coefficient (Wildman–Crippen LogP) is 1.58. The predicted molar refractivity (Wildman–Crippen MR) is 63.4 cm³/mol. The van der Waals surface area contributed by atoms with Crippen molar-refractivity contribution in [3.8, 4) is 0 Å². The first-order valence-electron chi connectivity index (χ1n) is 6.54. The van der Waals surface area contributed by atoms with E-state index in [4.69, 9.17) is 5.73 Å². The number of carbonyl (C=O) groups excluding carboxylic acids is 1. The van der Waals surface area contributed by atoms with E-state index in [9.17, 15) is 14.7 Å². The largest absolute Gasteiger partial charge is 0.481 e. The van der Waals surface area contributed by atoms with Crippen molar-refractivity contribution in [2.75, 3.05) is 6.54 Å². The van der Waals surface area contributed by atoms with Crippen LogP contribution in [-0.4, -0.2) is 23.4 Å². The van der Waals surface area contributed by atoms with E-state index in [1.807, 2.05) is 0 Å². The lowest BCUT2D eigenvalue weighted by atomic mass is 9.60. The highest BCUT2D eigenvalue weighted by molar-refractivity contribution is 5.81. The van der Waals surface area contributed by atoms with E-state index in [2.05, 4.69) is 0 Å². The van der Waals surface area contributed by atoms with Crippen LogP contribution in [0.3, 0.4) is 0 Å². The molecule has 2 unspecified atom stereocenters. The summed E-state index contributed by atoms with van der Waals surface area (Å²) < 4.78 is 0. The zero-order valence-corrected chi connectivity index (χ0v) is 10.2. The van der Waals surface area contributed by atoms with Crippen molar-refractivity contribution in [3.05, 3.63) is 0 Å². The maximum Gasteiger partial charge on any atom is 0.308 e. The van der Waals surface area contributed by atoms with Gasteiger partial charge in [0, 0.05) is 19.4 Å². The molecule has 96 valence electrons. The topological polar surface area (TPSA) is 80.4 Å². The van der Waals surface area contributed by atoms with Crippen molar-refractivity contribution in [1.29, 1.82) is 0 Å². The van der Waals surface area contributed by atoms with E-state index in [1.54, 1.807) is 0 Å². The molecule has 2 fully saturated rings. The summed E-state index contributed by atoms with van der Waals surface area (Å²) in [4.78, 5) is 22.9. The van der Waals surface area contributed by atoms with Crippen LogP contribution in [0.5, 0.6) is 0 Å². The van der Waals surface area contributed by atoms with Crippen molar-refractivity contribution in [1.82, 2.24) is 0 Å². The zero-order chi connectivity index (χ0) is 12.5. The van der Waals surface area contributed by atoms with Crippen LogP contribution in [0.15, 0.2) is 0 Å². The second-order valence-corrected chi connectivity index (χ2v) is 5.60. The summed E-state index contributed by atoms with van der Waals surface area (Å²) in [5, 5.41) is 9.26. The van der Waals surface area contributed by atoms with Crippen molar-refractivity contribution in [2.45, 2.75) is 44.9 Å². The number of ketones is 1. The van der Waals surface area contributed by atoms with Gasteiger partial charge in [-0.25, -0.2) is 0 Å². The number of carboxylic acids is 1. The van der Waals surface area contributed by atoms with Crippen LogP contribution in [0.4, 0.5) is 0 Å². The number of carbonyl (C=O) groups is 2. The summed E-state index contributed by atoms with van der Waals surface area (Å²) >= 11 is 0. The average Bonchev–Trinajstić information content (AvgIpc) is 2.74. The van der Waals surface area contributed by atoms with Gasteiger partial charge in [-0.15, -0.1) is 0 Å². The third-order valence-electron chi connectivity index (χ3n) is 4.79. The lowest BCUT2D eigenvalue weighted by Crippen LogP contribution is -2.44. The number of rotatable bonds is 3. The molecule has 4 nitrogen and oxygen atoms in total. The fourth-order valence-electron chi connectivity index (χ4n) is 3.84. The standard InChI is InChI=1S/C13H21NO3/c14-8-10(12(16)17)11-7-9(15)3-6-13(11)4-1-2-5-13/h10-11H,1-8,14H2,(H,16,17). The Morgan fingerprint density at radius 2 is 2.06 bits per heavy atom. The molecule has 0 radical (unpaired) electrons. The van der Waals surface area contributed by atoms with Gasteiger partial charge in [0.1, 0.15) is 5.78 Å². The van der Waals surface area contributed by atoms with Gasteiger partial charge in [-0.2, -0.15) is 0 Å². The monoisotopic (exact) mass is 239 g/mol. The minimum absolute atomic E-state index is 0.0336. The Balaban J connectivity index is 2.24. The summed E-state index contributed by atoms with van der Waals surface area (Å²) in [7, 11) is 0. The highest BCUT2D eigenvalue weighted by Gasteiger charge is 2.49. The molecule has 17 heavy (non-hydrogen) atoms. The number of aliphatic carboxylic acids is 1. The van der Waals surface area contributed by atoms with E-state index >= 15 is 0 Å². The molecule has 0 aromatic carbocycles. The van der Waals surface area contributed by atoms with E-state index < -0.39 is 11.9 Å².